The number of aromatic hydroxyl groups is 1. The zero-order valence-electron chi connectivity index (χ0n) is 10.5. The van der Waals surface area contributed by atoms with E-state index in [2.05, 4.69) is 0 Å². The lowest BCUT2D eigenvalue weighted by atomic mass is 10.1. The summed E-state index contributed by atoms with van der Waals surface area (Å²) in [7, 11) is 0. The topological polar surface area (TPSA) is 73.2 Å². The fourth-order valence-corrected chi connectivity index (χ4v) is 1.52. The average molecular weight is 325 g/mol. The fourth-order valence-electron chi connectivity index (χ4n) is 1.37. The van der Waals surface area contributed by atoms with Crippen LogP contribution < -0.4 is 5.32 Å². The third-order valence-corrected chi connectivity index (χ3v) is 2.78. The number of anilines is 1. The molecule has 1 aromatic carbocycles. The second kappa shape index (κ2) is 6.13. The number of halogens is 5. The van der Waals surface area contributed by atoms with Crippen LogP contribution in [0.3, 0.4) is 0 Å². The Kier molecular flexibility index (Phi) is 4.95. The van der Waals surface area contributed by atoms with Crippen LogP contribution in [0, 0.1) is 11.2 Å². The molecule has 0 aromatic heterocycles. The summed E-state index contributed by atoms with van der Waals surface area (Å²) in [6, 6.07) is 1.47. The molecule has 114 valence electrons. The molecule has 4 nitrogen and oxygen atoms in total. The smallest absolute Gasteiger partial charge is 0.418 e. The maximum absolute atomic E-state index is 13.5. The lowest BCUT2D eigenvalue weighted by Crippen LogP contribution is -2.22. The molecule has 0 heterocycles. The maximum atomic E-state index is 13.5. The molecule has 0 aliphatic rings. The van der Waals surface area contributed by atoms with Gasteiger partial charge in [0.2, 0.25) is 0 Å². The molecule has 21 heavy (non-hydrogen) atoms. The fraction of sp³-hybridized carbons (Fsp3) is 0.167. The number of amides is 1. The molecule has 9 heteroatoms. The second-order valence-electron chi connectivity index (χ2n) is 3.92. The summed E-state index contributed by atoms with van der Waals surface area (Å²) in [4.78, 5) is 11.7. The number of hydrogen-bond acceptors (Lipinski definition) is 3. The van der Waals surface area contributed by atoms with Crippen molar-refractivity contribution in [3.63, 3.8) is 0 Å². The first kappa shape index (κ1) is 17.0. The first-order chi connectivity index (χ1) is 9.57. The van der Waals surface area contributed by atoms with Crippen LogP contribution in [-0.2, 0) is 4.79 Å². The van der Waals surface area contributed by atoms with Gasteiger partial charge in [0.15, 0.2) is 0 Å². The van der Waals surface area contributed by atoms with Crippen molar-refractivity contribution in [3.8, 4) is 5.75 Å². The van der Waals surface area contributed by atoms with E-state index < -0.39 is 40.5 Å². The molecule has 3 N–H and O–H groups in total. The third kappa shape index (κ3) is 3.94. The van der Waals surface area contributed by atoms with Crippen LogP contribution in [0.15, 0.2) is 23.3 Å². The van der Waals surface area contributed by atoms with Gasteiger partial charge in [-0.3, -0.25) is 4.79 Å². The van der Waals surface area contributed by atoms with E-state index in [1.54, 1.807) is 0 Å². The summed E-state index contributed by atoms with van der Waals surface area (Å²) in [6.07, 6.45) is -4.89. The highest BCUT2D eigenvalue weighted by atomic mass is 35.5. The van der Waals surface area contributed by atoms with Crippen molar-refractivity contribution in [2.75, 3.05) is 5.32 Å². The molecule has 1 aromatic rings. The van der Waals surface area contributed by atoms with Gasteiger partial charge in [0.1, 0.15) is 11.6 Å². The molecule has 0 bridgehead atoms. The number of nitrogens with one attached hydrogen (secondary N) is 2. The summed E-state index contributed by atoms with van der Waals surface area (Å²) in [5.41, 5.74) is -2.81. The van der Waals surface area contributed by atoms with Gasteiger partial charge in [-0.2, -0.15) is 13.2 Å². The Morgan fingerprint density at radius 1 is 1.43 bits per heavy atom. The molecule has 1 rings (SSSR count). The van der Waals surface area contributed by atoms with Gasteiger partial charge in [0.05, 0.1) is 16.3 Å². The van der Waals surface area contributed by atoms with E-state index in [1.807, 2.05) is 5.32 Å². The zero-order chi connectivity index (χ0) is 16.4. The first-order valence-electron chi connectivity index (χ1n) is 5.35. The number of alkyl halides is 3. The predicted octanol–water partition coefficient (Wildman–Crippen LogP) is 3.65. The molecule has 0 radical (unpaired) electrons. The van der Waals surface area contributed by atoms with E-state index in [9.17, 15) is 27.5 Å². The molecule has 0 aliphatic carbocycles. The van der Waals surface area contributed by atoms with E-state index >= 15 is 0 Å². The van der Waals surface area contributed by atoms with Gasteiger partial charge in [-0.1, -0.05) is 11.6 Å². The molecule has 1 amide bonds. The van der Waals surface area contributed by atoms with Gasteiger partial charge in [-0.25, -0.2) is 4.39 Å². The minimum absolute atomic E-state index is 0.00932. The highest BCUT2D eigenvalue weighted by Gasteiger charge is 2.35. The van der Waals surface area contributed by atoms with Crippen molar-refractivity contribution < 1.29 is 27.5 Å². The summed E-state index contributed by atoms with van der Waals surface area (Å²) in [6.45, 7) is 0.844. The van der Waals surface area contributed by atoms with Crippen LogP contribution in [0.2, 0.25) is 5.02 Å². The highest BCUT2D eigenvalue weighted by molar-refractivity contribution is 6.32. The van der Waals surface area contributed by atoms with Crippen molar-refractivity contribution in [3.05, 3.63) is 34.1 Å². The number of phenols is 1. The van der Waals surface area contributed by atoms with Crippen molar-refractivity contribution in [1.82, 2.24) is 0 Å². The molecule has 0 spiro atoms. The van der Waals surface area contributed by atoms with E-state index in [4.69, 9.17) is 17.0 Å². The number of allylic oxidation sites excluding steroid dienone is 1. The highest BCUT2D eigenvalue weighted by Crippen LogP contribution is 2.30. The molecule has 0 saturated carbocycles. The SMILES string of the molecule is C/C(C(=O)Nc1cc(O)c(Cl)cc1F)=C(/C=N)C(F)(F)F. The number of benzene rings is 1. The van der Waals surface area contributed by atoms with Crippen molar-refractivity contribution in [1.29, 1.82) is 5.41 Å². The minimum Gasteiger partial charge on any atom is -0.506 e. The second-order valence-corrected chi connectivity index (χ2v) is 4.33. The number of carbonyl (C=O) groups is 1. The predicted molar refractivity (Wildman–Crippen MR) is 69.2 cm³/mol. The average Bonchev–Trinajstić information content (AvgIpc) is 2.34. The van der Waals surface area contributed by atoms with Crippen LogP contribution >= 0.6 is 11.6 Å². The van der Waals surface area contributed by atoms with E-state index in [0.29, 0.717) is 6.07 Å². The Hall–Kier alpha value is -2.09. The Morgan fingerprint density at radius 2 is 2.00 bits per heavy atom. The van der Waals surface area contributed by atoms with Crippen LogP contribution in [-0.4, -0.2) is 23.4 Å². The molecule has 0 atom stereocenters. The Balaban J connectivity index is 3.15. The van der Waals surface area contributed by atoms with Gasteiger partial charge in [0.25, 0.3) is 5.91 Å². The first-order valence-corrected chi connectivity index (χ1v) is 5.73. The molecule has 0 fully saturated rings. The lowest BCUT2D eigenvalue weighted by Gasteiger charge is -2.12. The summed E-state index contributed by atoms with van der Waals surface area (Å²) in [5, 5.41) is 17.6. The van der Waals surface area contributed by atoms with Gasteiger partial charge < -0.3 is 15.8 Å². The zero-order valence-corrected chi connectivity index (χ0v) is 11.2. The molecule has 0 unspecified atom stereocenters. The lowest BCUT2D eigenvalue weighted by molar-refractivity contribution is -0.114. The van der Waals surface area contributed by atoms with Gasteiger partial charge in [-0.05, 0) is 13.0 Å². The van der Waals surface area contributed by atoms with Gasteiger partial charge >= 0.3 is 6.18 Å². The Labute approximate surface area is 121 Å². The summed E-state index contributed by atoms with van der Waals surface area (Å²) in [5.74, 6) is -2.83. The minimum atomic E-state index is -4.89. The van der Waals surface area contributed by atoms with Gasteiger partial charge in [-0.15, -0.1) is 0 Å². The standard InChI is InChI=1S/C12H9ClF4N2O2/c1-5(6(4-18)12(15,16)17)11(21)19-9-3-10(20)7(13)2-8(9)14/h2-4,18,20H,1H3,(H,19,21)/b6-5+,18-4?. The van der Waals surface area contributed by atoms with Crippen LogP contribution in [0.5, 0.6) is 5.75 Å². The van der Waals surface area contributed by atoms with E-state index in [1.165, 1.54) is 0 Å². The van der Waals surface area contributed by atoms with Gasteiger partial charge in [0, 0.05) is 17.9 Å². The number of phenolic OH excluding ortho intramolecular Hbond substituents is 1. The molecule has 0 aliphatic heterocycles. The normalized spacial score (nSPS) is 12.7. The Bertz CT molecular complexity index is 626. The van der Waals surface area contributed by atoms with Crippen molar-refractivity contribution in [2.24, 2.45) is 0 Å². The summed E-state index contributed by atoms with van der Waals surface area (Å²) < 4.78 is 51.1. The quantitative estimate of drug-likeness (QED) is 0.451. The molecular formula is C12H9ClF4N2O2. The number of carbonyl (C=O) groups excluding carboxylic acids is 1. The largest absolute Gasteiger partial charge is 0.506 e. The van der Waals surface area contributed by atoms with Crippen LogP contribution in [0.25, 0.3) is 0 Å². The number of hydrogen-bond donors (Lipinski definition) is 3. The van der Waals surface area contributed by atoms with Crippen molar-refractivity contribution in [2.45, 2.75) is 13.1 Å². The van der Waals surface area contributed by atoms with Crippen LogP contribution in [0.4, 0.5) is 23.2 Å². The summed E-state index contributed by atoms with van der Waals surface area (Å²) >= 11 is 5.43. The van der Waals surface area contributed by atoms with Crippen molar-refractivity contribution >= 4 is 29.4 Å². The third-order valence-electron chi connectivity index (χ3n) is 2.48. The van der Waals surface area contributed by atoms with E-state index in [0.717, 1.165) is 13.0 Å². The number of rotatable bonds is 3. The monoisotopic (exact) mass is 324 g/mol. The molecular weight excluding hydrogens is 316 g/mol. The molecule has 0 saturated heterocycles. The van der Waals surface area contributed by atoms with E-state index in [-0.39, 0.29) is 11.2 Å². The Morgan fingerprint density at radius 3 is 2.48 bits per heavy atom. The maximum Gasteiger partial charge on any atom is 0.418 e. The van der Waals surface area contributed by atoms with Crippen LogP contribution in [0.1, 0.15) is 6.92 Å².